The average Bonchev–Trinajstić information content (AvgIpc) is 2.73. The first kappa shape index (κ1) is 22.0. The van der Waals surface area contributed by atoms with Crippen molar-refractivity contribution in [2.24, 2.45) is 0 Å². The van der Waals surface area contributed by atoms with Gasteiger partial charge in [0.2, 0.25) is 0 Å². The molecule has 2 aromatic carbocycles. The summed E-state index contributed by atoms with van der Waals surface area (Å²) in [6, 6.07) is 13.4. The Morgan fingerprint density at radius 3 is 2.55 bits per heavy atom. The Kier molecular flexibility index (Phi) is 6.66. The summed E-state index contributed by atoms with van der Waals surface area (Å²) in [6.45, 7) is 3.49. The van der Waals surface area contributed by atoms with E-state index in [1.165, 1.54) is 24.0 Å². The van der Waals surface area contributed by atoms with Gasteiger partial charge in [-0.25, -0.2) is 4.79 Å². The van der Waals surface area contributed by atoms with Crippen molar-refractivity contribution in [2.75, 3.05) is 11.5 Å². The van der Waals surface area contributed by atoms with Gasteiger partial charge in [-0.2, -0.15) is 0 Å². The SMILES string of the molecule is CCOc1cc(/C=C2/C(=O)NC(=S)N(c3ccccc3)C2=O)ccc1OC(C)C(=O)O. The van der Waals surface area contributed by atoms with Crippen molar-refractivity contribution >= 4 is 46.9 Å². The number of anilines is 1. The third-order valence-corrected chi connectivity index (χ3v) is 4.63. The lowest BCUT2D eigenvalue weighted by Gasteiger charge is -2.28. The molecule has 9 heteroatoms. The Morgan fingerprint density at radius 2 is 1.90 bits per heavy atom. The van der Waals surface area contributed by atoms with Crippen LogP contribution in [0, 0.1) is 0 Å². The third kappa shape index (κ3) is 4.89. The van der Waals surface area contributed by atoms with Crippen LogP contribution in [0.2, 0.25) is 0 Å². The van der Waals surface area contributed by atoms with E-state index in [0.29, 0.717) is 23.6 Å². The summed E-state index contributed by atoms with van der Waals surface area (Å²) in [7, 11) is 0. The Bertz CT molecular complexity index is 1070. The van der Waals surface area contributed by atoms with Crippen LogP contribution in [0.1, 0.15) is 19.4 Å². The van der Waals surface area contributed by atoms with E-state index in [0.717, 1.165) is 0 Å². The second kappa shape index (κ2) is 9.40. The number of benzene rings is 2. The first-order valence-corrected chi connectivity index (χ1v) is 9.85. The molecule has 31 heavy (non-hydrogen) atoms. The summed E-state index contributed by atoms with van der Waals surface area (Å²) in [6.07, 6.45) is 0.344. The van der Waals surface area contributed by atoms with Crippen LogP contribution in [-0.4, -0.2) is 40.7 Å². The van der Waals surface area contributed by atoms with E-state index >= 15 is 0 Å². The van der Waals surface area contributed by atoms with Crippen molar-refractivity contribution in [1.29, 1.82) is 0 Å². The molecule has 1 unspecified atom stereocenters. The predicted molar refractivity (Wildman–Crippen MR) is 118 cm³/mol. The molecule has 8 nitrogen and oxygen atoms in total. The lowest BCUT2D eigenvalue weighted by molar-refractivity contribution is -0.144. The molecule has 0 aromatic heterocycles. The molecular weight excluding hydrogens is 420 g/mol. The van der Waals surface area contributed by atoms with Crippen molar-refractivity contribution in [3.63, 3.8) is 0 Å². The lowest BCUT2D eigenvalue weighted by Crippen LogP contribution is -2.54. The number of carbonyl (C=O) groups excluding carboxylic acids is 2. The van der Waals surface area contributed by atoms with Gasteiger partial charge in [0.1, 0.15) is 5.57 Å². The minimum Gasteiger partial charge on any atom is -0.490 e. The van der Waals surface area contributed by atoms with Gasteiger partial charge in [-0.3, -0.25) is 19.8 Å². The van der Waals surface area contributed by atoms with Crippen LogP contribution < -0.4 is 19.7 Å². The zero-order valence-corrected chi connectivity index (χ0v) is 17.6. The van der Waals surface area contributed by atoms with E-state index in [2.05, 4.69) is 5.32 Å². The fourth-order valence-electron chi connectivity index (χ4n) is 2.86. The highest BCUT2D eigenvalue weighted by Crippen LogP contribution is 2.31. The van der Waals surface area contributed by atoms with E-state index in [1.807, 2.05) is 0 Å². The summed E-state index contributed by atoms with van der Waals surface area (Å²) in [4.78, 5) is 37.8. The summed E-state index contributed by atoms with van der Waals surface area (Å²) in [5.41, 5.74) is 0.926. The molecule has 1 atom stereocenters. The molecular formula is C22H20N2O6S. The number of carboxylic acid groups (broad SMARTS) is 1. The van der Waals surface area contributed by atoms with E-state index in [-0.39, 0.29) is 16.4 Å². The molecule has 3 rings (SSSR count). The van der Waals surface area contributed by atoms with Gasteiger partial charge in [0.25, 0.3) is 11.8 Å². The molecule has 1 heterocycles. The Hall–Kier alpha value is -3.72. The number of carboxylic acids is 1. The zero-order valence-electron chi connectivity index (χ0n) is 16.8. The Labute approximate surface area is 184 Å². The monoisotopic (exact) mass is 440 g/mol. The zero-order chi connectivity index (χ0) is 22.5. The van der Waals surface area contributed by atoms with Crippen LogP contribution in [0.25, 0.3) is 6.08 Å². The third-order valence-electron chi connectivity index (χ3n) is 4.35. The number of aliphatic carboxylic acids is 1. The number of hydrogen-bond donors (Lipinski definition) is 2. The minimum absolute atomic E-state index is 0.000221. The van der Waals surface area contributed by atoms with Crippen molar-refractivity contribution in [3.8, 4) is 11.5 Å². The molecule has 160 valence electrons. The van der Waals surface area contributed by atoms with Crippen molar-refractivity contribution in [3.05, 3.63) is 59.7 Å². The molecule has 2 amide bonds. The van der Waals surface area contributed by atoms with Crippen LogP contribution >= 0.6 is 12.2 Å². The highest BCUT2D eigenvalue weighted by Gasteiger charge is 2.34. The summed E-state index contributed by atoms with van der Waals surface area (Å²) >= 11 is 5.18. The molecule has 0 bridgehead atoms. The second-order valence-corrected chi connectivity index (χ2v) is 6.92. The first-order valence-electron chi connectivity index (χ1n) is 9.44. The second-order valence-electron chi connectivity index (χ2n) is 6.53. The predicted octanol–water partition coefficient (Wildman–Crippen LogP) is 2.77. The number of nitrogens with one attached hydrogen (secondary N) is 1. The van der Waals surface area contributed by atoms with Gasteiger partial charge in [0, 0.05) is 0 Å². The number of amides is 2. The molecule has 0 spiro atoms. The van der Waals surface area contributed by atoms with Crippen molar-refractivity contribution < 1.29 is 29.0 Å². The molecule has 0 saturated carbocycles. The molecule has 1 saturated heterocycles. The largest absolute Gasteiger partial charge is 0.490 e. The van der Waals surface area contributed by atoms with E-state index in [1.54, 1.807) is 49.4 Å². The molecule has 1 aliphatic rings. The van der Waals surface area contributed by atoms with Crippen LogP contribution in [0.4, 0.5) is 5.69 Å². The number of ether oxygens (including phenoxy) is 2. The normalized spacial score (nSPS) is 16.1. The number of nitrogens with zero attached hydrogens (tertiary/aromatic N) is 1. The fraction of sp³-hybridized carbons (Fsp3) is 0.182. The van der Waals surface area contributed by atoms with Crippen LogP contribution in [0.3, 0.4) is 0 Å². The maximum atomic E-state index is 13.0. The van der Waals surface area contributed by atoms with Crippen LogP contribution in [0.5, 0.6) is 11.5 Å². The van der Waals surface area contributed by atoms with Gasteiger partial charge >= 0.3 is 5.97 Å². The summed E-state index contributed by atoms with van der Waals surface area (Å²) in [5, 5.41) is 11.6. The number of rotatable bonds is 7. The van der Waals surface area contributed by atoms with Gasteiger partial charge in [-0.05, 0) is 62.0 Å². The number of hydrogen-bond acceptors (Lipinski definition) is 6. The summed E-state index contributed by atoms with van der Waals surface area (Å²) in [5.74, 6) is -1.75. The average molecular weight is 440 g/mol. The van der Waals surface area contributed by atoms with Gasteiger partial charge in [0.15, 0.2) is 22.7 Å². The Morgan fingerprint density at radius 1 is 1.19 bits per heavy atom. The first-order chi connectivity index (χ1) is 14.8. The van der Waals surface area contributed by atoms with Crippen LogP contribution in [-0.2, 0) is 14.4 Å². The molecule has 2 N–H and O–H groups in total. The smallest absolute Gasteiger partial charge is 0.344 e. The topological polar surface area (TPSA) is 105 Å². The number of carbonyl (C=O) groups is 3. The maximum absolute atomic E-state index is 13.0. The minimum atomic E-state index is -1.12. The molecule has 0 aliphatic carbocycles. The standard InChI is InChI=1S/C22H20N2O6S/c1-3-29-18-12-14(9-10-17(18)30-13(2)21(27)28)11-16-19(25)23-22(31)24(20(16)26)15-7-5-4-6-8-15/h4-13H,3H2,1-2H3,(H,27,28)(H,23,25,31)/b16-11-. The molecule has 2 aromatic rings. The highest BCUT2D eigenvalue weighted by molar-refractivity contribution is 7.80. The van der Waals surface area contributed by atoms with E-state index in [9.17, 15) is 14.4 Å². The lowest BCUT2D eigenvalue weighted by atomic mass is 10.1. The van der Waals surface area contributed by atoms with Crippen LogP contribution in [0.15, 0.2) is 54.1 Å². The van der Waals surface area contributed by atoms with Gasteiger partial charge < -0.3 is 14.6 Å². The fourth-order valence-corrected chi connectivity index (χ4v) is 3.14. The Balaban J connectivity index is 1.96. The molecule has 0 radical (unpaired) electrons. The van der Waals surface area contributed by atoms with E-state index in [4.69, 9.17) is 26.8 Å². The van der Waals surface area contributed by atoms with Gasteiger partial charge in [-0.15, -0.1) is 0 Å². The van der Waals surface area contributed by atoms with Crippen molar-refractivity contribution in [1.82, 2.24) is 5.32 Å². The van der Waals surface area contributed by atoms with Gasteiger partial charge in [-0.1, -0.05) is 24.3 Å². The summed E-state index contributed by atoms with van der Waals surface area (Å²) < 4.78 is 11.0. The van der Waals surface area contributed by atoms with E-state index < -0.39 is 23.9 Å². The number of thiocarbonyl (C=S) groups is 1. The quantitative estimate of drug-likeness (QED) is 0.387. The highest BCUT2D eigenvalue weighted by atomic mass is 32.1. The van der Waals surface area contributed by atoms with Gasteiger partial charge in [0.05, 0.1) is 12.3 Å². The molecule has 1 aliphatic heterocycles. The molecule has 1 fully saturated rings. The maximum Gasteiger partial charge on any atom is 0.344 e. The van der Waals surface area contributed by atoms with Crippen molar-refractivity contribution in [2.45, 2.75) is 20.0 Å². The number of para-hydroxylation sites is 1.